The van der Waals surface area contributed by atoms with E-state index in [1.165, 1.54) is 69.8 Å². The van der Waals surface area contributed by atoms with Crippen LogP contribution in [0, 0.1) is 5.92 Å². The fourth-order valence-corrected chi connectivity index (χ4v) is 8.67. The lowest BCUT2D eigenvalue weighted by Gasteiger charge is -2.32. The fourth-order valence-electron chi connectivity index (χ4n) is 8.67. The van der Waals surface area contributed by atoms with Crippen molar-refractivity contribution in [1.82, 2.24) is 0 Å². The number of phenols is 1. The maximum absolute atomic E-state index is 13.2. The number of esters is 2. The van der Waals surface area contributed by atoms with Gasteiger partial charge in [0, 0.05) is 30.7 Å². The summed E-state index contributed by atoms with van der Waals surface area (Å²) in [5.74, 6) is 0.637. The molecular weight excluding hydrogens is 765 g/mol. The molecule has 2 rings (SSSR count). The Balaban J connectivity index is 1.70. The molecule has 1 aromatic carbocycles. The van der Waals surface area contributed by atoms with Gasteiger partial charge in [0.15, 0.2) is 0 Å². The van der Waals surface area contributed by atoms with Crippen molar-refractivity contribution in [2.45, 2.75) is 246 Å². The number of benzene rings is 1. The number of hydrogen-bond donors (Lipinski definition) is 1. The zero-order valence-electron chi connectivity index (χ0n) is 40.6. The number of aromatic hydroxyl groups is 1. The largest absolute Gasteiger partial charge is 0.507 e. The summed E-state index contributed by atoms with van der Waals surface area (Å²) >= 11 is 0. The number of unbranched alkanes of at least 4 members (excludes halogenated alkanes) is 18. The summed E-state index contributed by atoms with van der Waals surface area (Å²) in [6.45, 7) is 15.1. The van der Waals surface area contributed by atoms with Crippen molar-refractivity contribution < 1.29 is 24.2 Å². The number of allylic oxidation sites excluding steroid dienone is 8. The van der Waals surface area contributed by atoms with Crippen molar-refractivity contribution in [3.8, 4) is 11.5 Å². The van der Waals surface area contributed by atoms with Crippen LogP contribution >= 0.6 is 0 Å². The minimum absolute atomic E-state index is 0.0207. The van der Waals surface area contributed by atoms with Crippen LogP contribution in [-0.2, 0) is 20.7 Å². The Kier molecular flexibility index (Phi) is 31.9. The molecule has 1 aliphatic carbocycles. The number of carbonyl (C=O) groups excluding carboxylic acids is 2. The number of rotatable bonds is 37. The van der Waals surface area contributed by atoms with Crippen molar-refractivity contribution in [2.75, 3.05) is 0 Å². The molecule has 0 amide bonds. The number of ether oxygens (including phenoxy) is 2. The molecule has 0 saturated heterocycles. The molecule has 1 aromatic rings. The molecule has 5 nitrogen and oxygen atoms in total. The molecule has 0 unspecified atom stereocenters. The second-order valence-electron chi connectivity index (χ2n) is 18.4. The monoisotopic (exact) mass is 857 g/mol. The summed E-state index contributed by atoms with van der Waals surface area (Å²) in [5, 5.41) is 11.4. The quantitative estimate of drug-likeness (QED) is 0.0312. The first-order valence-electron chi connectivity index (χ1n) is 25.7. The number of aryl methyl sites for hydroxylation is 1. The molecule has 1 aliphatic rings. The van der Waals surface area contributed by atoms with Crippen molar-refractivity contribution in [3.05, 3.63) is 83.5 Å². The normalized spacial score (nSPS) is 16.0. The molecule has 0 fully saturated rings. The Labute approximate surface area is 381 Å². The summed E-state index contributed by atoms with van der Waals surface area (Å²) in [6.07, 6.45) is 48.6. The van der Waals surface area contributed by atoms with E-state index in [1.54, 1.807) is 0 Å². The standard InChI is InChI=1S/C57H92O5/c1-7-10-13-15-16-17-18-19-20-21-22-23-27-30-35-40-55(59)61-50(38-33-14-11-8-2)39-34-29-26-24-25-28-31-36-41-56(60)62-54-46-49(37-32-12-9-3)45-53(58)57(54)52-44-48(6)42-43-51(52)47(4)5/h16-17,19-20,29,34,44-46,50-52,58H,4,7-15,18,21-28,30-33,35-43H2,1-3,5-6H3/b17-16-,20-19-,34-29-/t50-,51+,52-/m1/s1. The first-order chi connectivity index (χ1) is 30.2. The van der Waals surface area contributed by atoms with Gasteiger partial charge in [-0.05, 0) is 134 Å². The first kappa shape index (κ1) is 54.8. The van der Waals surface area contributed by atoms with E-state index < -0.39 is 0 Å². The van der Waals surface area contributed by atoms with Crippen LogP contribution < -0.4 is 4.74 Å². The Bertz CT molecular complexity index is 1480. The van der Waals surface area contributed by atoms with E-state index >= 15 is 0 Å². The molecule has 5 heteroatoms. The van der Waals surface area contributed by atoms with E-state index in [1.807, 2.05) is 12.1 Å². The third-order valence-electron chi connectivity index (χ3n) is 12.5. The highest BCUT2D eigenvalue weighted by Gasteiger charge is 2.31. The van der Waals surface area contributed by atoms with Crippen LogP contribution in [-0.4, -0.2) is 23.1 Å². The molecule has 0 aromatic heterocycles. The number of phenolic OH excluding ortho intramolecular Hbond substituents is 1. The van der Waals surface area contributed by atoms with E-state index in [0.717, 1.165) is 139 Å². The highest BCUT2D eigenvalue weighted by molar-refractivity contribution is 5.73. The molecule has 0 heterocycles. The van der Waals surface area contributed by atoms with Gasteiger partial charge < -0.3 is 14.6 Å². The van der Waals surface area contributed by atoms with Gasteiger partial charge in [0.2, 0.25) is 0 Å². The van der Waals surface area contributed by atoms with Crippen LogP contribution in [0.15, 0.2) is 72.4 Å². The van der Waals surface area contributed by atoms with Crippen molar-refractivity contribution in [2.24, 2.45) is 5.92 Å². The van der Waals surface area contributed by atoms with E-state index in [2.05, 4.69) is 83.7 Å². The molecule has 0 saturated carbocycles. The third-order valence-corrected chi connectivity index (χ3v) is 12.5. The SMILES string of the molecule is C=C(C)[C@@H]1CCC(C)=C[C@H]1c1c(O)cc(CCCCC)cc1OC(=O)CCCCCCC/C=C\C[C@@H](CCCCCC)OC(=O)CCCCCCC/C=C\C/C=C\CCCCC. The van der Waals surface area contributed by atoms with Crippen molar-refractivity contribution in [3.63, 3.8) is 0 Å². The van der Waals surface area contributed by atoms with Crippen LogP contribution in [0.2, 0.25) is 0 Å². The second kappa shape index (κ2) is 36.0. The lowest BCUT2D eigenvalue weighted by molar-refractivity contribution is -0.149. The van der Waals surface area contributed by atoms with Gasteiger partial charge in [-0.3, -0.25) is 9.59 Å². The zero-order chi connectivity index (χ0) is 45.0. The summed E-state index contributed by atoms with van der Waals surface area (Å²) in [4.78, 5) is 26.0. The van der Waals surface area contributed by atoms with Crippen LogP contribution in [0.5, 0.6) is 11.5 Å². The topological polar surface area (TPSA) is 72.8 Å². The molecule has 0 bridgehead atoms. The molecule has 0 radical (unpaired) electrons. The first-order valence-corrected chi connectivity index (χ1v) is 25.7. The van der Waals surface area contributed by atoms with Gasteiger partial charge in [-0.2, -0.15) is 0 Å². The second-order valence-corrected chi connectivity index (χ2v) is 18.4. The Morgan fingerprint density at radius 3 is 1.90 bits per heavy atom. The van der Waals surface area contributed by atoms with E-state index in [0.29, 0.717) is 18.6 Å². The van der Waals surface area contributed by atoms with Crippen LogP contribution in [0.1, 0.15) is 244 Å². The van der Waals surface area contributed by atoms with E-state index in [-0.39, 0.29) is 35.6 Å². The van der Waals surface area contributed by atoms with Crippen molar-refractivity contribution >= 4 is 11.9 Å². The highest BCUT2D eigenvalue weighted by Crippen LogP contribution is 2.47. The molecule has 3 atom stereocenters. The number of carbonyl (C=O) groups is 2. The third kappa shape index (κ3) is 25.7. The summed E-state index contributed by atoms with van der Waals surface area (Å²) in [5.41, 5.74) is 4.14. The van der Waals surface area contributed by atoms with Crippen LogP contribution in [0.25, 0.3) is 0 Å². The van der Waals surface area contributed by atoms with Gasteiger partial charge in [-0.15, -0.1) is 0 Å². The molecule has 1 N–H and O–H groups in total. The predicted molar refractivity (Wildman–Crippen MR) is 265 cm³/mol. The lowest BCUT2D eigenvalue weighted by Crippen LogP contribution is -2.19. The lowest BCUT2D eigenvalue weighted by atomic mass is 9.73. The maximum Gasteiger partial charge on any atom is 0.311 e. The average molecular weight is 857 g/mol. The minimum Gasteiger partial charge on any atom is -0.507 e. The van der Waals surface area contributed by atoms with Gasteiger partial charge in [0.05, 0.1) is 0 Å². The van der Waals surface area contributed by atoms with Crippen LogP contribution in [0.3, 0.4) is 0 Å². The van der Waals surface area contributed by atoms with Gasteiger partial charge >= 0.3 is 11.9 Å². The maximum atomic E-state index is 13.2. The van der Waals surface area contributed by atoms with Gasteiger partial charge in [0.25, 0.3) is 0 Å². The number of hydrogen-bond acceptors (Lipinski definition) is 5. The molecule has 0 spiro atoms. The van der Waals surface area contributed by atoms with E-state index in [9.17, 15) is 14.7 Å². The zero-order valence-corrected chi connectivity index (χ0v) is 40.6. The van der Waals surface area contributed by atoms with Gasteiger partial charge in [-0.1, -0.05) is 164 Å². The van der Waals surface area contributed by atoms with Gasteiger partial charge in [0.1, 0.15) is 17.6 Å². The van der Waals surface area contributed by atoms with Crippen LogP contribution in [0.4, 0.5) is 0 Å². The summed E-state index contributed by atoms with van der Waals surface area (Å²) in [7, 11) is 0. The molecular formula is C57H92O5. The van der Waals surface area contributed by atoms with Crippen molar-refractivity contribution in [1.29, 1.82) is 0 Å². The Morgan fingerprint density at radius 2 is 1.26 bits per heavy atom. The Hall–Kier alpha value is -3.34. The molecule has 62 heavy (non-hydrogen) atoms. The molecule has 350 valence electrons. The van der Waals surface area contributed by atoms with Gasteiger partial charge in [-0.25, -0.2) is 0 Å². The minimum atomic E-state index is -0.223. The summed E-state index contributed by atoms with van der Waals surface area (Å²) < 4.78 is 12.1. The predicted octanol–water partition coefficient (Wildman–Crippen LogP) is 17.4. The fraction of sp³-hybridized carbons (Fsp3) is 0.684. The Morgan fingerprint density at radius 1 is 0.710 bits per heavy atom. The smallest absolute Gasteiger partial charge is 0.311 e. The summed E-state index contributed by atoms with van der Waals surface area (Å²) in [6, 6.07) is 3.88. The van der Waals surface area contributed by atoms with E-state index in [4.69, 9.17) is 9.47 Å². The average Bonchev–Trinajstić information content (AvgIpc) is 3.24. The highest BCUT2D eigenvalue weighted by atomic mass is 16.5. The molecule has 0 aliphatic heterocycles.